The van der Waals surface area contributed by atoms with Gasteiger partial charge in [-0.2, -0.15) is 0 Å². The monoisotopic (exact) mass is 370 g/mol. The molecule has 1 fully saturated rings. The summed E-state index contributed by atoms with van der Waals surface area (Å²) in [5.74, 6) is 0.456. The Hall–Kier alpha value is -2.60. The van der Waals surface area contributed by atoms with Gasteiger partial charge in [-0.1, -0.05) is 30.3 Å². The van der Waals surface area contributed by atoms with Crippen LogP contribution < -0.4 is 0 Å². The molecule has 0 saturated carbocycles. The van der Waals surface area contributed by atoms with E-state index in [-0.39, 0.29) is 24.2 Å². The summed E-state index contributed by atoms with van der Waals surface area (Å²) in [6, 6.07) is 13.7. The van der Waals surface area contributed by atoms with E-state index in [0.717, 1.165) is 12.2 Å². The summed E-state index contributed by atoms with van der Waals surface area (Å²) >= 11 is 0. The Bertz CT molecular complexity index is 730. The van der Waals surface area contributed by atoms with Crippen molar-refractivity contribution in [1.82, 2.24) is 9.80 Å². The lowest BCUT2D eigenvalue weighted by atomic mass is 10.1. The van der Waals surface area contributed by atoms with Crippen LogP contribution in [0.5, 0.6) is 0 Å². The van der Waals surface area contributed by atoms with Gasteiger partial charge < -0.3 is 19.0 Å². The van der Waals surface area contributed by atoms with E-state index in [1.165, 1.54) is 5.56 Å². The Balaban J connectivity index is 1.58. The summed E-state index contributed by atoms with van der Waals surface area (Å²) in [5, 5.41) is 0. The minimum atomic E-state index is -0.305. The van der Waals surface area contributed by atoms with Gasteiger partial charge in [-0.05, 0) is 24.1 Å². The van der Waals surface area contributed by atoms with E-state index in [0.29, 0.717) is 32.8 Å². The van der Waals surface area contributed by atoms with Crippen LogP contribution in [-0.4, -0.2) is 55.0 Å². The van der Waals surface area contributed by atoms with E-state index in [4.69, 9.17) is 9.15 Å². The maximum atomic E-state index is 13.0. The summed E-state index contributed by atoms with van der Waals surface area (Å²) in [7, 11) is 1.61. The number of methoxy groups -OCH3 is 1. The van der Waals surface area contributed by atoms with Crippen molar-refractivity contribution >= 4 is 11.8 Å². The third kappa shape index (κ3) is 5.20. The number of likely N-dealkylation sites (tertiary alicyclic amines) is 1. The van der Waals surface area contributed by atoms with Crippen molar-refractivity contribution in [3.8, 4) is 0 Å². The molecule has 6 nitrogen and oxygen atoms in total. The first-order valence-electron chi connectivity index (χ1n) is 9.29. The van der Waals surface area contributed by atoms with Crippen molar-refractivity contribution in [1.29, 1.82) is 0 Å². The van der Waals surface area contributed by atoms with Gasteiger partial charge in [-0.25, -0.2) is 0 Å². The number of rotatable bonds is 9. The van der Waals surface area contributed by atoms with Crippen molar-refractivity contribution in [3.05, 3.63) is 60.1 Å². The van der Waals surface area contributed by atoms with Crippen LogP contribution in [0.2, 0.25) is 0 Å². The first kappa shape index (κ1) is 19.2. The van der Waals surface area contributed by atoms with Crippen LogP contribution >= 0.6 is 0 Å². The zero-order valence-electron chi connectivity index (χ0n) is 15.7. The standard InChI is InChI=1S/C21H26N2O4/c1-26-13-11-23(16-19-8-5-12-27-19)21(25)18-14-20(24)22(15-18)10-9-17-6-3-2-4-7-17/h2-8,12,18H,9-11,13-16H2,1H3. The van der Waals surface area contributed by atoms with Gasteiger partial charge in [0.25, 0.3) is 0 Å². The lowest BCUT2D eigenvalue weighted by Crippen LogP contribution is -2.39. The summed E-state index contributed by atoms with van der Waals surface area (Å²) in [6.07, 6.45) is 2.67. The van der Waals surface area contributed by atoms with E-state index in [1.54, 1.807) is 29.2 Å². The normalized spacial score (nSPS) is 16.7. The van der Waals surface area contributed by atoms with Crippen molar-refractivity contribution in [3.63, 3.8) is 0 Å². The number of hydrogen-bond donors (Lipinski definition) is 0. The largest absolute Gasteiger partial charge is 0.467 e. The molecule has 144 valence electrons. The minimum absolute atomic E-state index is 0.0148. The molecular formula is C21H26N2O4. The molecular weight excluding hydrogens is 344 g/mol. The van der Waals surface area contributed by atoms with Crippen LogP contribution in [0.4, 0.5) is 0 Å². The fourth-order valence-electron chi connectivity index (χ4n) is 3.38. The van der Waals surface area contributed by atoms with E-state index in [1.807, 2.05) is 24.3 Å². The Labute approximate surface area is 159 Å². The molecule has 0 N–H and O–H groups in total. The van der Waals surface area contributed by atoms with Crippen LogP contribution in [0.15, 0.2) is 53.1 Å². The van der Waals surface area contributed by atoms with Gasteiger partial charge in [0.1, 0.15) is 5.76 Å². The molecule has 6 heteroatoms. The molecule has 1 atom stereocenters. The van der Waals surface area contributed by atoms with Crippen molar-refractivity contribution in [2.75, 3.05) is 33.4 Å². The average Bonchev–Trinajstić information content (AvgIpc) is 3.33. The predicted molar refractivity (Wildman–Crippen MR) is 101 cm³/mol. The number of amides is 2. The van der Waals surface area contributed by atoms with Crippen molar-refractivity contribution in [2.45, 2.75) is 19.4 Å². The van der Waals surface area contributed by atoms with Gasteiger partial charge in [0.05, 0.1) is 25.3 Å². The molecule has 0 spiro atoms. The van der Waals surface area contributed by atoms with Gasteiger partial charge in [0.15, 0.2) is 0 Å². The molecule has 1 saturated heterocycles. The number of hydrogen-bond acceptors (Lipinski definition) is 4. The Morgan fingerprint density at radius 3 is 2.78 bits per heavy atom. The second-order valence-electron chi connectivity index (χ2n) is 6.81. The first-order valence-corrected chi connectivity index (χ1v) is 9.29. The molecule has 2 heterocycles. The maximum absolute atomic E-state index is 13.0. The topological polar surface area (TPSA) is 63.0 Å². The van der Waals surface area contributed by atoms with E-state index >= 15 is 0 Å². The smallest absolute Gasteiger partial charge is 0.228 e. The summed E-state index contributed by atoms with van der Waals surface area (Å²) in [5.41, 5.74) is 1.19. The summed E-state index contributed by atoms with van der Waals surface area (Å²) in [4.78, 5) is 28.9. The zero-order chi connectivity index (χ0) is 19.1. The molecule has 2 amide bonds. The molecule has 3 rings (SSSR count). The number of carbonyl (C=O) groups is 2. The second kappa shape index (κ2) is 9.37. The van der Waals surface area contributed by atoms with Crippen LogP contribution in [0, 0.1) is 5.92 Å². The molecule has 1 aromatic heterocycles. The predicted octanol–water partition coefficient (Wildman–Crippen LogP) is 2.35. The molecule has 1 aliphatic heterocycles. The number of furan rings is 1. The average molecular weight is 370 g/mol. The van der Waals surface area contributed by atoms with Crippen LogP contribution in [-0.2, 0) is 27.3 Å². The van der Waals surface area contributed by atoms with E-state index in [9.17, 15) is 9.59 Å². The van der Waals surface area contributed by atoms with Crippen LogP contribution in [0.25, 0.3) is 0 Å². The number of benzene rings is 1. The van der Waals surface area contributed by atoms with Gasteiger partial charge in [-0.15, -0.1) is 0 Å². The van der Waals surface area contributed by atoms with Gasteiger partial charge in [-0.3, -0.25) is 9.59 Å². The number of carbonyl (C=O) groups excluding carboxylic acids is 2. The van der Waals surface area contributed by atoms with E-state index in [2.05, 4.69) is 12.1 Å². The highest BCUT2D eigenvalue weighted by molar-refractivity contribution is 5.89. The SMILES string of the molecule is COCCN(Cc1ccco1)C(=O)C1CC(=O)N(CCc2ccccc2)C1. The molecule has 1 aromatic carbocycles. The fraction of sp³-hybridized carbons (Fsp3) is 0.429. The van der Waals surface area contributed by atoms with Gasteiger partial charge in [0, 0.05) is 33.2 Å². The number of nitrogens with zero attached hydrogens (tertiary/aromatic N) is 2. The van der Waals surface area contributed by atoms with Crippen molar-refractivity contribution in [2.24, 2.45) is 5.92 Å². The molecule has 1 unspecified atom stereocenters. The first-order chi connectivity index (χ1) is 13.2. The molecule has 1 aliphatic rings. The van der Waals surface area contributed by atoms with Crippen molar-refractivity contribution < 1.29 is 18.7 Å². The van der Waals surface area contributed by atoms with E-state index < -0.39 is 0 Å². The minimum Gasteiger partial charge on any atom is -0.467 e. The molecule has 0 bridgehead atoms. The highest BCUT2D eigenvalue weighted by Gasteiger charge is 2.36. The quantitative estimate of drug-likeness (QED) is 0.680. The lowest BCUT2D eigenvalue weighted by molar-refractivity contribution is -0.137. The molecule has 2 aromatic rings. The highest BCUT2D eigenvalue weighted by Crippen LogP contribution is 2.22. The number of ether oxygens (including phenoxy) is 1. The lowest BCUT2D eigenvalue weighted by Gasteiger charge is -2.24. The molecule has 27 heavy (non-hydrogen) atoms. The summed E-state index contributed by atoms with van der Waals surface area (Å²) < 4.78 is 10.5. The molecule has 0 aliphatic carbocycles. The van der Waals surface area contributed by atoms with Crippen LogP contribution in [0.3, 0.4) is 0 Å². The Morgan fingerprint density at radius 2 is 2.07 bits per heavy atom. The Kier molecular flexibility index (Phi) is 6.65. The van der Waals surface area contributed by atoms with Crippen LogP contribution in [0.1, 0.15) is 17.7 Å². The third-order valence-corrected chi connectivity index (χ3v) is 4.88. The Morgan fingerprint density at radius 1 is 1.26 bits per heavy atom. The fourth-order valence-corrected chi connectivity index (χ4v) is 3.38. The van der Waals surface area contributed by atoms with Gasteiger partial charge >= 0.3 is 0 Å². The zero-order valence-corrected chi connectivity index (χ0v) is 15.7. The highest BCUT2D eigenvalue weighted by atomic mass is 16.5. The van der Waals surface area contributed by atoms with Gasteiger partial charge in [0.2, 0.25) is 11.8 Å². The molecule has 0 radical (unpaired) electrons. The maximum Gasteiger partial charge on any atom is 0.228 e. The third-order valence-electron chi connectivity index (χ3n) is 4.88. The second-order valence-corrected chi connectivity index (χ2v) is 6.81. The summed E-state index contributed by atoms with van der Waals surface area (Å²) in [6.45, 7) is 2.44.